The molecule has 2 aliphatic rings. The van der Waals surface area contributed by atoms with Crippen LogP contribution < -0.4 is 16.7 Å². The molecule has 230 valence electrons. The molecule has 2 fully saturated rings. The van der Waals surface area contributed by atoms with Gasteiger partial charge in [0.25, 0.3) is 0 Å². The van der Waals surface area contributed by atoms with E-state index in [0.717, 1.165) is 29.5 Å². The van der Waals surface area contributed by atoms with Crippen LogP contribution >= 0.6 is 11.6 Å². The number of H-pyrrole nitrogens is 1. The number of aromatic nitrogens is 3. The average Bonchev–Trinajstić information content (AvgIpc) is 3.41. The lowest BCUT2D eigenvalue weighted by molar-refractivity contribution is -0.134. The monoisotopic (exact) mass is 608 g/mol. The van der Waals surface area contributed by atoms with Crippen molar-refractivity contribution < 1.29 is 9.59 Å². The van der Waals surface area contributed by atoms with Crippen LogP contribution in [0.4, 0.5) is 10.5 Å². The van der Waals surface area contributed by atoms with E-state index in [2.05, 4.69) is 34.4 Å². The van der Waals surface area contributed by atoms with Gasteiger partial charge in [0.2, 0.25) is 5.91 Å². The Bertz CT molecular complexity index is 1470. The van der Waals surface area contributed by atoms with Gasteiger partial charge in [-0.25, -0.2) is 14.3 Å². The Kier molecular flexibility index (Phi) is 9.41. The maximum atomic E-state index is 13.8. The van der Waals surface area contributed by atoms with Crippen molar-refractivity contribution >= 4 is 29.2 Å². The highest BCUT2D eigenvalue weighted by atomic mass is 35.5. The Morgan fingerprint density at radius 2 is 1.72 bits per heavy atom. The van der Waals surface area contributed by atoms with E-state index in [1.54, 1.807) is 11.0 Å². The van der Waals surface area contributed by atoms with E-state index in [1.165, 1.54) is 4.68 Å². The minimum atomic E-state index is -0.748. The molecule has 5 rings (SSSR count). The van der Waals surface area contributed by atoms with Crippen molar-refractivity contribution in [1.29, 1.82) is 0 Å². The first kappa shape index (κ1) is 30.6. The van der Waals surface area contributed by atoms with Crippen molar-refractivity contribution in [2.24, 2.45) is 0 Å². The van der Waals surface area contributed by atoms with Crippen LogP contribution in [0.25, 0.3) is 11.4 Å². The molecule has 0 saturated carbocycles. The summed E-state index contributed by atoms with van der Waals surface area (Å²) in [6, 6.07) is 12.5. The van der Waals surface area contributed by atoms with Crippen LogP contribution in [0.15, 0.2) is 47.3 Å². The van der Waals surface area contributed by atoms with Crippen molar-refractivity contribution in [1.82, 2.24) is 34.8 Å². The standard InChI is InChI=1S/C31H41ClN8O3/c1-20-17-21(18-25(32)27(20)33)19-26(29(41)38-13-9-23(10-14-38)37(2)3)34-30(42)39-15-11-24(12-16-39)40-31(43)35-28(36-40)22-7-5-4-6-8-22/h4-8,17-18,23-24,26H,9-16,19,33H2,1-3H3,(H,34,42)(H,35,36,43)/t26-/m1/s1. The molecular formula is C31H41ClN8O3. The maximum absolute atomic E-state index is 13.8. The molecule has 4 N–H and O–H groups in total. The van der Waals surface area contributed by atoms with Gasteiger partial charge in [0.05, 0.1) is 16.8 Å². The second kappa shape index (κ2) is 13.2. The zero-order chi connectivity index (χ0) is 30.7. The zero-order valence-electron chi connectivity index (χ0n) is 25.1. The number of nitrogens with one attached hydrogen (secondary N) is 2. The summed E-state index contributed by atoms with van der Waals surface area (Å²) in [6.07, 6.45) is 3.24. The summed E-state index contributed by atoms with van der Waals surface area (Å²) in [5.41, 5.74) is 8.81. The van der Waals surface area contributed by atoms with Gasteiger partial charge in [0, 0.05) is 44.2 Å². The predicted octanol–water partition coefficient (Wildman–Crippen LogP) is 3.29. The molecule has 1 aromatic heterocycles. The summed E-state index contributed by atoms with van der Waals surface area (Å²) < 4.78 is 1.49. The van der Waals surface area contributed by atoms with E-state index in [9.17, 15) is 14.4 Å². The van der Waals surface area contributed by atoms with Gasteiger partial charge in [-0.05, 0) is 63.9 Å². The van der Waals surface area contributed by atoms with E-state index < -0.39 is 6.04 Å². The lowest BCUT2D eigenvalue weighted by atomic mass is 9.99. The predicted molar refractivity (Wildman–Crippen MR) is 168 cm³/mol. The summed E-state index contributed by atoms with van der Waals surface area (Å²) >= 11 is 6.36. The molecule has 43 heavy (non-hydrogen) atoms. The summed E-state index contributed by atoms with van der Waals surface area (Å²) in [5, 5.41) is 8.00. The lowest BCUT2D eigenvalue weighted by Crippen LogP contribution is -2.56. The lowest BCUT2D eigenvalue weighted by Gasteiger charge is -2.37. The first-order chi connectivity index (χ1) is 20.6. The number of piperidine rings is 2. The zero-order valence-corrected chi connectivity index (χ0v) is 25.8. The number of aryl methyl sites for hydroxylation is 1. The Labute approximate surface area is 257 Å². The average molecular weight is 609 g/mol. The molecule has 12 heteroatoms. The minimum absolute atomic E-state index is 0.0949. The minimum Gasteiger partial charge on any atom is -0.397 e. The number of benzene rings is 2. The molecule has 11 nitrogen and oxygen atoms in total. The van der Waals surface area contributed by atoms with Gasteiger partial charge in [0.15, 0.2) is 5.82 Å². The molecule has 0 unspecified atom stereocenters. The number of carbonyl (C=O) groups is 2. The fourth-order valence-electron chi connectivity index (χ4n) is 6.07. The van der Waals surface area contributed by atoms with Gasteiger partial charge < -0.3 is 25.8 Å². The number of nitrogens with zero attached hydrogens (tertiary/aromatic N) is 5. The first-order valence-electron chi connectivity index (χ1n) is 14.9. The highest BCUT2D eigenvalue weighted by molar-refractivity contribution is 6.33. The van der Waals surface area contributed by atoms with Crippen molar-refractivity contribution in [3.05, 3.63) is 69.1 Å². The second-order valence-electron chi connectivity index (χ2n) is 11.8. The molecule has 2 aromatic carbocycles. The summed E-state index contributed by atoms with van der Waals surface area (Å²) in [6.45, 7) is 4.05. The number of amides is 3. The molecule has 0 spiro atoms. The largest absolute Gasteiger partial charge is 0.397 e. The van der Waals surface area contributed by atoms with Crippen LogP contribution in [0.3, 0.4) is 0 Å². The molecule has 3 amide bonds. The molecule has 3 heterocycles. The van der Waals surface area contributed by atoms with E-state index in [1.807, 2.05) is 48.2 Å². The third-order valence-electron chi connectivity index (χ3n) is 8.72. The fraction of sp³-hybridized carbons (Fsp3) is 0.484. The van der Waals surface area contributed by atoms with Crippen LogP contribution in [-0.4, -0.2) is 93.8 Å². The number of hydrogen-bond acceptors (Lipinski definition) is 6. The van der Waals surface area contributed by atoms with E-state index >= 15 is 0 Å². The Morgan fingerprint density at radius 1 is 1.07 bits per heavy atom. The Balaban J connectivity index is 1.26. The number of likely N-dealkylation sites (tertiary alicyclic amines) is 2. The van der Waals surface area contributed by atoms with Crippen molar-refractivity contribution in [3.8, 4) is 11.4 Å². The number of nitrogen functional groups attached to an aromatic ring is 1. The number of rotatable bonds is 7. The highest BCUT2D eigenvalue weighted by Gasteiger charge is 2.33. The van der Waals surface area contributed by atoms with Gasteiger partial charge in [-0.2, -0.15) is 0 Å². The van der Waals surface area contributed by atoms with Crippen LogP contribution in [-0.2, 0) is 11.2 Å². The van der Waals surface area contributed by atoms with Crippen LogP contribution in [0.1, 0.15) is 42.9 Å². The molecule has 0 radical (unpaired) electrons. The number of hydrogen-bond donors (Lipinski definition) is 3. The van der Waals surface area contributed by atoms with Crippen LogP contribution in [0, 0.1) is 6.92 Å². The molecule has 0 aliphatic carbocycles. The molecular weight excluding hydrogens is 568 g/mol. The normalized spacial score (nSPS) is 17.3. The van der Waals surface area contributed by atoms with Crippen molar-refractivity contribution in [2.45, 2.75) is 57.2 Å². The topological polar surface area (TPSA) is 133 Å². The van der Waals surface area contributed by atoms with Crippen LogP contribution in [0.5, 0.6) is 0 Å². The molecule has 1 atom stereocenters. The third-order valence-corrected chi connectivity index (χ3v) is 9.04. The Morgan fingerprint density at radius 3 is 2.35 bits per heavy atom. The van der Waals surface area contributed by atoms with Gasteiger partial charge in [-0.15, -0.1) is 5.10 Å². The third kappa shape index (κ3) is 7.05. The number of aromatic amines is 1. The van der Waals surface area contributed by atoms with Crippen molar-refractivity contribution in [3.63, 3.8) is 0 Å². The molecule has 2 aliphatic heterocycles. The Hall–Kier alpha value is -3.83. The second-order valence-corrected chi connectivity index (χ2v) is 12.2. The van der Waals surface area contributed by atoms with Gasteiger partial charge in [-0.3, -0.25) is 9.78 Å². The molecule has 2 saturated heterocycles. The van der Waals surface area contributed by atoms with Gasteiger partial charge >= 0.3 is 11.7 Å². The number of carbonyl (C=O) groups excluding carboxylic acids is 2. The van der Waals surface area contributed by atoms with Crippen LogP contribution in [0.2, 0.25) is 5.02 Å². The van der Waals surface area contributed by atoms with E-state index in [0.29, 0.717) is 68.0 Å². The number of halogens is 1. The summed E-state index contributed by atoms with van der Waals surface area (Å²) in [7, 11) is 4.12. The smallest absolute Gasteiger partial charge is 0.343 e. The fourth-order valence-corrected chi connectivity index (χ4v) is 6.36. The first-order valence-corrected chi connectivity index (χ1v) is 15.3. The number of nitrogens with two attached hydrogens (primary N) is 1. The number of urea groups is 1. The van der Waals surface area contributed by atoms with Gasteiger partial charge in [-0.1, -0.05) is 48.0 Å². The maximum Gasteiger partial charge on any atom is 0.343 e. The highest BCUT2D eigenvalue weighted by Crippen LogP contribution is 2.26. The summed E-state index contributed by atoms with van der Waals surface area (Å²) in [4.78, 5) is 48.6. The number of anilines is 1. The molecule has 0 bridgehead atoms. The van der Waals surface area contributed by atoms with Gasteiger partial charge in [0.1, 0.15) is 6.04 Å². The summed E-state index contributed by atoms with van der Waals surface area (Å²) in [5.74, 6) is 0.433. The van der Waals surface area contributed by atoms with E-state index in [4.69, 9.17) is 17.3 Å². The SMILES string of the molecule is Cc1cc(C[C@@H](NC(=O)N2CCC(n3nc(-c4ccccc4)[nH]c3=O)CC2)C(=O)N2CCC(N(C)C)CC2)cc(Cl)c1N. The van der Waals surface area contributed by atoms with E-state index in [-0.39, 0.29) is 23.7 Å². The van der Waals surface area contributed by atoms with Crippen molar-refractivity contribution in [2.75, 3.05) is 46.0 Å². The quantitative estimate of drug-likeness (QED) is 0.353. The molecule has 3 aromatic rings.